The summed E-state index contributed by atoms with van der Waals surface area (Å²) < 4.78 is 36.1. The van der Waals surface area contributed by atoms with Crippen molar-refractivity contribution in [3.63, 3.8) is 0 Å². The van der Waals surface area contributed by atoms with Crippen LogP contribution in [0.25, 0.3) is 0 Å². The Hall–Kier alpha value is -0.250. The first-order valence-electron chi connectivity index (χ1n) is 8.73. The van der Waals surface area contributed by atoms with Crippen LogP contribution in [0.15, 0.2) is 0 Å². The molecule has 0 saturated carbocycles. The molecule has 0 aromatic rings. The molecule has 1 N–H and O–H groups in total. The Kier molecular flexibility index (Phi) is 13.3. The molecule has 0 heterocycles. The van der Waals surface area contributed by atoms with Crippen LogP contribution in [0.1, 0.15) is 96.8 Å². The van der Waals surface area contributed by atoms with E-state index >= 15 is 0 Å². The topological polar surface area (TPSA) is 20.2 Å². The average molecular weight is 310 g/mol. The Bertz CT molecular complexity index is 217. The Morgan fingerprint density at radius 1 is 0.667 bits per heavy atom. The van der Waals surface area contributed by atoms with Crippen molar-refractivity contribution in [3.8, 4) is 0 Å². The number of hydrogen-bond donors (Lipinski definition) is 1. The highest BCUT2D eigenvalue weighted by molar-refractivity contribution is 4.64. The van der Waals surface area contributed by atoms with Gasteiger partial charge in [-0.25, -0.2) is 0 Å². The number of aliphatic hydroxyl groups excluding tert-OH is 1. The molecule has 0 radical (unpaired) electrons. The van der Waals surface area contributed by atoms with Gasteiger partial charge in [0.2, 0.25) is 0 Å². The third-order valence-electron chi connectivity index (χ3n) is 3.96. The van der Waals surface area contributed by atoms with Crippen LogP contribution in [-0.2, 0) is 0 Å². The molecule has 0 aromatic heterocycles. The molecule has 1 nitrogen and oxygen atoms in total. The molecule has 0 amide bonds. The summed E-state index contributed by atoms with van der Waals surface area (Å²) in [6.07, 6.45) is 8.38. The predicted octanol–water partition coefficient (Wildman–Crippen LogP) is 6.39. The Morgan fingerprint density at radius 3 is 1.33 bits per heavy atom. The number of alkyl halides is 3. The van der Waals surface area contributed by atoms with Gasteiger partial charge in [0, 0.05) is 0 Å². The molecular weight excluding hydrogens is 277 g/mol. The van der Waals surface area contributed by atoms with Crippen molar-refractivity contribution in [2.45, 2.75) is 109 Å². The maximum absolute atomic E-state index is 12.0. The lowest BCUT2D eigenvalue weighted by Gasteiger charge is -2.13. The van der Waals surface area contributed by atoms with Crippen molar-refractivity contribution in [3.05, 3.63) is 0 Å². The van der Waals surface area contributed by atoms with Crippen molar-refractivity contribution in [1.29, 1.82) is 0 Å². The normalized spacial score (nSPS) is 13.6. The second-order valence-corrected chi connectivity index (χ2v) is 6.09. The Morgan fingerprint density at radius 2 is 1.00 bits per heavy atom. The lowest BCUT2D eigenvalue weighted by molar-refractivity contribution is -0.205. The minimum Gasteiger partial charge on any atom is -0.384 e. The SMILES string of the molecule is CCCCCCCCCCCCCCCC(O)C(F)(F)F. The smallest absolute Gasteiger partial charge is 0.384 e. The van der Waals surface area contributed by atoms with E-state index in [4.69, 9.17) is 5.11 Å². The zero-order valence-electron chi connectivity index (χ0n) is 13.6. The van der Waals surface area contributed by atoms with E-state index in [0.717, 1.165) is 19.3 Å². The number of halogens is 3. The van der Waals surface area contributed by atoms with Crippen LogP contribution < -0.4 is 0 Å². The van der Waals surface area contributed by atoms with Crippen molar-refractivity contribution < 1.29 is 18.3 Å². The highest BCUT2D eigenvalue weighted by Gasteiger charge is 2.37. The lowest BCUT2D eigenvalue weighted by Crippen LogP contribution is -2.28. The van der Waals surface area contributed by atoms with Crippen molar-refractivity contribution in [2.75, 3.05) is 0 Å². The Labute approximate surface area is 128 Å². The number of aliphatic hydroxyl groups is 1. The molecule has 0 fully saturated rings. The summed E-state index contributed by atoms with van der Waals surface area (Å²) in [7, 11) is 0. The third kappa shape index (κ3) is 14.5. The predicted molar refractivity (Wildman–Crippen MR) is 82.4 cm³/mol. The van der Waals surface area contributed by atoms with E-state index in [1.165, 1.54) is 57.8 Å². The number of hydrogen-bond acceptors (Lipinski definition) is 1. The molecule has 0 aromatic carbocycles. The number of unbranched alkanes of at least 4 members (excludes halogenated alkanes) is 12. The first-order chi connectivity index (χ1) is 9.98. The minimum atomic E-state index is -4.45. The van der Waals surface area contributed by atoms with E-state index < -0.39 is 12.3 Å². The quantitative estimate of drug-likeness (QED) is 0.368. The first kappa shape index (κ1) is 20.8. The molecule has 0 aliphatic carbocycles. The summed E-state index contributed by atoms with van der Waals surface area (Å²) in [6.45, 7) is 2.23. The van der Waals surface area contributed by atoms with Crippen LogP contribution in [0.4, 0.5) is 13.2 Å². The van der Waals surface area contributed by atoms with Crippen LogP contribution in [0.2, 0.25) is 0 Å². The lowest BCUT2D eigenvalue weighted by atomic mass is 10.0. The highest BCUT2D eigenvalue weighted by Crippen LogP contribution is 2.24. The molecule has 128 valence electrons. The summed E-state index contributed by atoms with van der Waals surface area (Å²) in [5.74, 6) is 0. The van der Waals surface area contributed by atoms with E-state index in [1.54, 1.807) is 0 Å². The molecule has 0 aliphatic heterocycles. The fourth-order valence-electron chi connectivity index (χ4n) is 2.52. The second-order valence-electron chi connectivity index (χ2n) is 6.09. The van der Waals surface area contributed by atoms with Gasteiger partial charge in [-0.2, -0.15) is 13.2 Å². The van der Waals surface area contributed by atoms with Gasteiger partial charge in [0.1, 0.15) is 6.10 Å². The molecule has 0 bridgehead atoms. The average Bonchev–Trinajstić information content (AvgIpc) is 2.42. The molecule has 0 aliphatic rings. The van der Waals surface area contributed by atoms with E-state index in [1.807, 2.05) is 0 Å². The van der Waals surface area contributed by atoms with Crippen LogP contribution in [-0.4, -0.2) is 17.4 Å². The minimum absolute atomic E-state index is 0.152. The van der Waals surface area contributed by atoms with Gasteiger partial charge in [0.25, 0.3) is 0 Å². The zero-order valence-corrected chi connectivity index (χ0v) is 13.6. The summed E-state index contributed by atoms with van der Waals surface area (Å²) >= 11 is 0. The molecule has 1 atom stereocenters. The van der Waals surface area contributed by atoms with Crippen molar-refractivity contribution in [1.82, 2.24) is 0 Å². The third-order valence-corrected chi connectivity index (χ3v) is 3.96. The van der Waals surface area contributed by atoms with Crippen molar-refractivity contribution in [2.24, 2.45) is 0 Å². The fraction of sp³-hybridized carbons (Fsp3) is 1.00. The number of rotatable bonds is 14. The largest absolute Gasteiger partial charge is 0.414 e. The molecule has 1 unspecified atom stereocenters. The van der Waals surface area contributed by atoms with Crippen LogP contribution >= 0.6 is 0 Å². The van der Waals surface area contributed by atoms with E-state index in [9.17, 15) is 13.2 Å². The van der Waals surface area contributed by atoms with Gasteiger partial charge in [-0.3, -0.25) is 0 Å². The van der Waals surface area contributed by atoms with Gasteiger partial charge in [-0.15, -0.1) is 0 Å². The molecule has 0 rings (SSSR count). The van der Waals surface area contributed by atoms with Gasteiger partial charge in [-0.1, -0.05) is 90.4 Å². The van der Waals surface area contributed by atoms with Gasteiger partial charge < -0.3 is 5.11 Å². The standard InChI is InChI=1S/C17H33F3O/c1-2-3-4-5-6-7-8-9-10-11-12-13-14-15-16(21)17(18,19)20/h16,21H,2-15H2,1H3. The molecule has 0 saturated heterocycles. The maximum atomic E-state index is 12.0. The molecule has 4 heteroatoms. The molecular formula is C17H33F3O. The van der Waals surface area contributed by atoms with Crippen LogP contribution in [0, 0.1) is 0 Å². The second kappa shape index (κ2) is 13.4. The summed E-state index contributed by atoms with van der Waals surface area (Å²) in [5.41, 5.74) is 0. The summed E-state index contributed by atoms with van der Waals surface area (Å²) in [6, 6.07) is 0. The van der Waals surface area contributed by atoms with Gasteiger partial charge in [0.05, 0.1) is 0 Å². The monoisotopic (exact) mass is 310 g/mol. The van der Waals surface area contributed by atoms with Crippen LogP contribution in [0.3, 0.4) is 0 Å². The van der Waals surface area contributed by atoms with Gasteiger partial charge in [-0.05, 0) is 6.42 Å². The highest BCUT2D eigenvalue weighted by atomic mass is 19.4. The summed E-state index contributed by atoms with van der Waals surface area (Å²) in [4.78, 5) is 0. The molecule has 0 spiro atoms. The van der Waals surface area contributed by atoms with Gasteiger partial charge >= 0.3 is 6.18 Å². The zero-order chi connectivity index (χ0) is 16.0. The maximum Gasteiger partial charge on any atom is 0.414 e. The van der Waals surface area contributed by atoms with E-state index in [0.29, 0.717) is 6.42 Å². The molecule has 21 heavy (non-hydrogen) atoms. The first-order valence-corrected chi connectivity index (χ1v) is 8.73. The summed E-state index contributed by atoms with van der Waals surface area (Å²) in [5, 5.41) is 8.84. The van der Waals surface area contributed by atoms with Crippen molar-refractivity contribution >= 4 is 0 Å². The van der Waals surface area contributed by atoms with Gasteiger partial charge in [0.15, 0.2) is 0 Å². The van der Waals surface area contributed by atoms with E-state index in [2.05, 4.69) is 6.92 Å². The fourth-order valence-corrected chi connectivity index (χ4v) is 2.52. The van der Waals surface area contributed by atoms with Crippen LogP contribution in [0.5, 0.6) is 0 Å². The van der Waals surface area contributed by atoms with E-state index in [-0.39, 0.29) is 6.42 Å². The Balaban J connectivity index is 3.13.